The third-order valence-corrected chi connectivity index (χ3v) is 5.54. The molecule has 27 heavy (non-hydrogen) atoms. The number of nitrogens with zero attached hydrogens (tertiary/aromatic N) is 1. The van der Waals surface area contributed by atoms with E-state index in [-0.39, 0.29) is 24.2 Å². The summed E-state index contributed by atoms with van der Waals surface area (Å²) in [6.07, 6.45) is 8.42. The zero-order valence-electron chi connectivity index (χ0n) is 16.2. The van der Waals surface area contributed by atoms with Crippen LogP contribution in [0.1, 0.15) is 51.4 Å². The lowest BCUT2D eigenvalue weighted by Crippen LogP contribution is -2.33. The number of benzene rings is 1. The van der Waals surface area contributed by atoms with E-state index in [0.717, 1.165) is 32.3 Å². The van der Waals surface area contributed by atoms with E-state index in [4.69, 9.17) is 9.47 Å². The Kier molecular flexibility index (Phi) is 7.47. The highest BCUT2D eigenvalue weighted by Crippen LogP contribution is 2.29. The van der Waals surface area contributed by atoms with Crippen molar-refractivity contribution in [1.82, 2.24) is 0 Å². The largest absolute Gasteiger partial charge is 0.378 e. The summed E-state index contributed by atoms with van der Waals surface area (Å²) in [6, 6.07) is 5.32. The predicted molar refractivity (Wildman–Crippen MR) is 105 cm³/mol. The fraction of sp³-hybridized carbons (Fsp3) is 0.667. The summed E-state index contributed by atoms with van der Waals surface area (Å²) in [5.74, 6) is -0.467. The summed E-state index contributed by atoms with van der Waals surface area (Å²) >= 11 is 0. The Labute approximate surface area is 161 Å². The number of hydrogen-bond acceptors (Lipinski definition) is 4. The van der Waals surface area contributed by atoms with Crippen LogP contribution in [0, 0.1) is 5.82 Å². The van der Waals surface area contributed by atoms with Crippen LogP contribution in [0.15, 0.2) is 18.2 Å². The van der Waals surface area contributed by atoms with Gasteiger partial charge in [-0.1, -0.05) is 19.3 Å². The van der Waals surface area contributed by atoms with Gasteiger partial charge >= 0.3 is 0 Å². The normalized spacial score (nSPS) is 20.6. The van der Waals surface area contributed by atoms with Crippen molar-refractivity contribution in [3.8, 4) is 0 Å². The van der Waals surface area contributed by atoms with E-state index in [1.807, 2.05) is 11.9 Å². The molecule has 0 aromatic heterocycles. The predicted octanol–water partition coefficient (Wildman–Crippen LogP) is 4.12. The molecule has 1 unspecified atom stereocenters. The summed E-state index contributed by atoms with van der Waals surface area (Å²) < 4.78 is 25.5. The molecule has 1 amide bonds. The number of halogens is 1. The highest BCUT2D eigenvalue weighted by Gasteiger charge is 2.21. The quantitative estimate of drug-likeness (QED) is 0.692. The van der Waals surface area contributed by atoms with Gasteiger partial charge in [0.2, 0.25) is 5.91 Å². The molecule has 1 aromatic rings. The number of hydrogen-bond donors (Lipinski definition) is 1. The molecule has 1 aliphatic carbocycles. The van der Waals surface area contributed by atoms with Crippen LogP contribution in [-0.4, -0.2) is 44.9 Å². The maximum absolute atomic E-state index is 14.6. The summed E-state index contributed by atoms with van der Waals surface area (Å²) in [5, 5.41) is 2.75. The van der Waals surface area contributed by atoms with E-state index >= 15 is 0 Å². The SMILES string of the molecule is CN(c1ccc(NC(=O)CCOCC2CCCO2)cc1F)C1CCCCC1. The molecule has 1 N–H and O–H groups in total. The topological polar surface area (TPSA) is 50.8 Å². The first-order valence-corrected chi connectivity index (χ1v) is 10.1. The minimum atomic E-state index is -0.296. The Morgan fingerprint density at radius 1 is 1.26 bits per heavy atom. The number of anilines is 2. The van der Waals surface area contributed by atoms with Gasteiger partial charge in [-0.3, -0.25) is 4.79 Å². The molecule has 1 atom stereocenters. The minimum absolute atomic E-state index is 0.163. The molecule has 1 heterocycles. The minimum Gasteiger partial charge on any atom is -0.378 e. The molecular formula is C21H31FN2O3. The second-order valence-corrected chi connectivity index (χ2v) is 7.58. The van der Waals surface area contributed by atoms with Gasteiger partial charge in [0, 0.05) is 25.4 Å². The molecule has 0 bridgehead atoms. The summed E-state index contributed by atoms with van der Waals surface area (Å²) in [4.78, 5) is 14.1. The van der Waals surface area contributed by atoms with E-state index < -0.39 is 0 Å². The van der Waals surface area contributed by atoms with Gasteiger partial charge < -0.3 is 19.7 Å². The molecule has 1 saturated heterocycles. The highest BCUT2D eigenvalue weighted by atomic mass is 19.1. The van der Waals surface area contributed by atoms with Crippen LogP contribution in [0.25, 0.3) is 0 Å². The number of nitrogens with one attached hydrogen (secondary N) is 1. The van der Waals surface area contributed by atoms with E-state index in [1.165, 1.54) is 25.3 Å². The first kappa shape index (κ1) is 20.1. The Balaban J connectivity index is 1.44. The fourth-order valence-electron chi connectivity index (χ4n) is 3.91. The van der Waals surface area contributed by atoms with Crippen molar-refractivity contribution in [2.45, 2.75) is 63.5 Å². The number of ether oxygens (including phenoxy) is 2. The first-order valence-electron chi connectivity index (χ1n) is 10.1. The molecule has 1 aliphatic heterocycles. The molecule has 150 valence electrons. The van der Waals surface area contributed by atoms with Gasteiger partial charge in [0.1, 0.15) is 5.82 Å². The van der Waals surface area contributed by atoms with Crippen molar-refractivity contribution in [3.63, 3.8) is 0 Å². The smallest absolute Gasteiger partial charge is 0.226 e. The maximum atomic E-state index is 14.6. The van der Waals surface area contributed by atoms with E-state index in [9.17, 15) is 9.18 Å². The van der Waals surface area contributed by atoms with Gasteiger partial charge in [0.25, 0.3) is 0 Å². The number of rotatable bonds is 8. The number of carbonyl (C=O) groups is 1. The average molecular weight is 378 g/mol. The van der Waals surface area contributed by atoms with Crippen molar-refractivity contribution < 1.29 is 18.7 Å². The first-order chi connectivity index (χ1) is 13.1. The van der Waals surface area contributed by atoms with E-state index in [1.54, 1.807) is 12.1 Å². The Hall–Kier alpha value is -1.66. The Morgan fingerprint density at radius 3 is 2.78 bits per heavy atom. The third-order valence-electron chi connectivity index (χ3n) is 5.54. The van der Waals surface area contributed by atoms with Crippen molar-refractivity contribution in [2.24, 2.45) is 0 Å². The molecule has 0 spiro atoms. The molecule has 5 nitrogen and oxygen atoms in total. The van der Waals surface area contributed by atoms with Crippen molar-refractivity contribution >= 4 is 17.3 Å². The van der Waals surface area contributed by atoms with E-state index in [2.05, 4.69) is 5.32 Å². The summed E-state index contributed by atoms with van der Waals surface area (Å²) in [6.45, 7) is 1.67. The zero-order chi connectivity index (χ0) is 19.1. The molecular weight excluding hydrogens is 347 g/mol. The Bertz CT molecular complexity index is 613. The van der Waals surface area contributed by atoms with Crippen molar-refractivity contribution in [3.05, 3.63) is 24.0 Å². The van der Waals surface area contributed by atoms with Crippen molar-refractivity contribution in [1.29, 1.82) is 0 Å². The van der Waals surface area contributed by atoms with Gasteiger partial charge in [-0.15, -0.1) is 0 Å². The van der Waals surface area contributed by atoms with Crippen LogP contribution in [0.4, 0.5) is 15.8 Å². The second-order valence-electron chi connectivity index (χ2n) is 7.58. The van der Waals surface area contributed by atoms with Crippen LogP contribution in [0.3, 0.4) is 0 Å². The average Bonchev–Trinajstić information content (AvgIpc) is 3.19. The van der Waals surface area contributed by atoms with Gasteiger partial charge in [-0.25, -0.2) is 4.39 Å². The monoisotopic (exact) mass is 378 g/mol. The highest BCUT2D eigenvalue weighted by molar-refractivity contribution is 5.91. The molecule has 3 rings (SSSR count). The number of amides is 1. The fourth-order valence-corrected chi connectivity index (χ4v) is 3.91. The lowest BCUT2D eigenvalue weighted by Gasteiger charge is -2.33. The molecule has 1 saturated carbocycles. The summed E-state index contributed by atoms with van der Waals surface area (Å²) in [7, 11) is 1.96. The maximum Gasteiger partial charge on any atom is 0.226 e. The molecule has 2 fully saturated rings. The molecule has 6 heteroatoms. The third kappa shape index (κ3) is 5.91. The second kappa shape index (κ2) is 10.0. The lowest BCUT2D eigenvalue weighted by molar-refractivity contribution is -0.117. The molecule has 1 aromatic carbocycles. The van der Waals surface area contributed by atoms with Crippen LogP contribution in [0.2, 0.25) is 0 Å². The zero-order valence-corrected chi connectivity index (χ0v) is 16.2. The number of carbonyl (C=O) groups excluding carboxylic acids is 1. The summed E-state index contributed by atoms with van der Waals surface area (Å²) in [5.41, 5.74) is 1.08. The van der Waals surface area contributed by atoms with Gasteiger partial charge in [-0.05, 0) is 43.9 Å². The standard InChI is InChI=1S/C21H31FN2O3/c1-24(17-6-3-2-4-7-17)20-10-9-16(14-19(20)22)23-21(25)11-13-26-15-18-8-5-12-27-18/h9-10,14,17-18H,2-8,11-13,15H2,1H3,(H,23,25). The Morgan fingerprint density at radius 2 is 2.07 bits per heavy atom. The van der Waals surface area contributed by atoms with Crippen LogP contribution < -0.4 is 10.2 Å². The van der Waals surface area contributed by atoms with Crippen LogP contribution in [0.5, 0.6) is 0 Å². The van der Waals surface area contributed by atoms with Crippen LogP contribution in [-0.2, 0) is 14.3 Å². The van der Waals surface area contributed by atoms with Crippen molar-refractivity contribution in [2.75, 3.05) is 37.1 Å². The molecule has 2 aliphatic rings. The lowest BCUT2D eigenvalue weighted by atomic mass is 9.94. The van der Waals surface area contributed by atoms with Gasteiger partial charge in [-0.2, -0.15) is 0 Å². The van der Waals surface area contributed by atoms with Gasteiger partial charge in [0.05, 0.1) is 31.4 Å². The van der Waals surface area contributed by atoms with E-state index in [0.29, 0.717) is 30.6 Å². The van der Waals surface area contributed by atoms with Crippen LogP contribution >= 0.6 is 0 Å². The molecule has 0 radical (unpaired) electrons. The van der Waals surface area contributed by atoms with Gasteiger partial charge in [0.15, 0.2) is 0 Å².